The molecule has 3 nitrogen and oxygen atoms in total. The van der Waals surface area contributed by atoms with E-state index in [0.717, 1.165) is 30.8 Å². The number of anilines is 2. The third-order valence-electron chi connectivity index (χ3n) is 3.98. The van der Waals surface area contributed by atoms with Gasteiger partial charge in [0.2, 0.25) is 0 Å². The Kier molecular flexibility index (Phi) is 3.79. The lowest BCUT2D eigenvalue weighted by molar-refractivity contribution is 0.415. The summed E-state index contributed by atoms with van der Waals surface area (Å²) in [6, 6.07) is 16.4. The summed E-state index contributed by atoms with van der Waals surface area (Å²) in [5, 5.41) is 9.41. The molecular weight excluding hydrogens is 260 g/mol. The van der Waals surface area contributed by atoms with Gasteiger partial charge in [-0.25, -0.2) is 0 Å². The quantitative estimate of drug-likeness (QED) is 0.831. The van der Waals surface area contributed by atoms with Crippen molar-refractivity contribution in [3.8, 4) is 11.8 Å². The van der Waals surface area contributed by atoms with Gasteiger partial charge in [0.15, 0.2) is 0 Å². The molecule has 2 aromatic rings. The van der Waals surface area contributed by atoms with Crippen LogP contribution in [-0.2, 0) is 6.42 Å². The van der Waals surface area contributed by atoms with Crippen LogP contribution in [0, 0.1) is 11.3 Å². The van der Waals surface area contributed by atoms with E-state index in [4.69, 9.17) is 4.74 Å². The van der Waals surface area contributed by atoms with Crippen LogP contribution < -0.4 is 9.64 Å². The number of aryl methyl sites for hydroxylation is 1. The van der Waals surface area contributed by atoms with E-state index in [2.05, 4.69) is 35.2 Å². The first kappa shape index (κ1) is 13.5. The molecule has 0 fully saturated rings. The maximum absolute atomic E-state index is 9.41. The first-order chi connectivity index (χ1) is 10.3. The number of rotatable bonds is 2. The summed E-state index contributed by atoms with van der Waals surface area (Å²) in [6.45, 7) is 0.929. The Bertz CT molecular complexity index is 688. The molecule has 0 bridgehead atoms. The van der Waals surface area contributed by atoms with Crippen molar-refractivity contribution in [2.75, 3.05) is 18.6 Å². The maximum atomic E-state index is 9.41. The first-order valence-corrected chi connectivity index (χ1v) is 7.27. The molecule has 0 radical (unpaired) electrons. The van der Waals surface area contributed by atoms with E-state index >= 15 is 0 Å². The molecule has 0 saturated heterocycles. The van der Waals surface area contributed by atoms with Crippen LogP contribution in [0.1, 0.15) is 24.0 Å². The van der Waals surface area contributed by atoms with Crippen molar-refractivity contribution in [2.24, 2.45) is 0 Å². The molecule has 0 atom stereocenters. The molecule has 2 aromatic carbocycles. The molecule has 1 aliphatic heterocycles. The van der Waals surface area contributed by atoms with Gasteiger partial charge >= 0.3 is 0 Å². The van der Waals surface area contributed by atoms with Gasteiger partial charge in [0.25, 0.3) is 0 Å². The van der Waals surface area contributed by atoms with Gasteiger partial charge in [0, 0.05) is 18.3 Å². The van der Waals surface area contributed by atoms with Crippen molar-refractivity contribution in [2.45, 2.75) is 19.3 Å². The molecule has 106 valence electrons. The predicted octanol–water partition coefficient (Wildman–Crippen LogP) is 4.04. The Balaban J connectivity index is 2.14. The van der Waals surface area contributed by atoms with Gasteiger partial charge in [-0.2, -0.15) is 5.26 Å². The van der Waals surface area contributed by atoms with E-state index in [1.54, 1.807) is 7.11 Å². The minimum absolute atomic E-state index is 0.688. The molecule has 0 aliphatic carbocycles. The van der Waals surface area contributed by atoms with Gasteiger partial charge in [-0.1, -0.05) is 18.2 Å². The highest BCUT2D eigenvalue weighted by Crippen LogP contribution is 2.36. The monoisotopic (exact) mass is 278 g/mol. The summed E-state index contributed by atoms with van der Waals surface area (Å²) in [6.07, 6.45) is 3.40. The van der Waals surface area contributed by atoms with Gasteiger partial charge in [-0.05, 0) is 43.0 Å². The number of benzene rings is 2. The number of hydrogen-bond acceptors (Lipinski definition) is 3. The minimum atomic E-state index is 0.688. The molecule has 0 N–H and O–H groups in total. The number of methoxy groups -OCH3 is 1. The molecule has 21 heavy (non-hydrogen) atoms. The van der Waals surface area contributed by atoms with Crippen LogP contribution in [0.3, 0.4) is 0 Å². The van der Waals surface area contributed by atoms with Crippen molar-refractivity contribution in [3.05, 3.63) is 53.6 Å². The van der Waals surface area contributed by atoms with Gasteiger partial charge in [-0.3, -0.25) is 0 Å². The fourth-order valence-corrected chi connectivity index (χ4v) is 2.90. The Hall–Kier alpha value is -2.47. The molecule has 3 rings (SSSR count). The topological polar surface area (TPSA) is 36.3 Å². The summed E-state index contributed by atoms with van der Waals surface area (Å²) in [5.41, 5.74) is 4.18. The number of para-hydroxylation sites is 1. The number of nitriles is 1. The minimum Gasteiger partial charge on any atom is -0.497 e. The lowest BCUT2D eigenvalue weighted by Gasteiger charge is -2.26. The first-order valence-electron chi connectivity index (χ1n) is 7.27. The van der Waals surface area contributed by atoms with E-state index in [-0.39, 0.29) is 0 Å². The number of nitrogens with zero attached hydrogens (tertiary/aromatic N) is 2. The Labute approximate surface area is 125 Å². The molecule has 3 heteroatoms. The number of hydrogen-bond donors (Lipinski definition) is 0. The third kappa shape index (κ3) is 2.57. The van der Waals surface area contributed by atoms with E-state index in [9.17, 15) is 5.26 Å². The number of ether oxygens (including phenoxy) is 1. The Morgan fingerprint density at radius 1 is 1.10 bits per heavy atom. The van der Waals surface area contributed by atoms with E-state index < -0.39 is 0 Å². The number of fused-ring (bicyclic) bond motifs is 1. The Morgan fingerprint density at radius 3 is 2.76 bits per heavy atom. The van der Waals surface area contributed by atoms with Gasteiger partial charge < -0.3 is 9.64 Å². The molecule has 0 amide bonds. The lowest BCUT2D eigenvalue weighted by atomic mass is 10.1. The van der Waals surface area contributed by atoms with Gasteiger partial charge in [0.1, 0.15) is 11.8 Å². The fraction of sp³-hybridized carbons (Fsp3) is 0.278. The van der Waals surface area contributed by atoms with Crippen molar-refractivity contribution < 1.29 is 4.74 Å². The normalized spacial score (nSPS) is 14.0. The largest absolute Gasteiger partial charge is 0.497 e. The molecule has 1 heterocycles. The molecule has 0 saturated carbocycles. The van der Waals surface area contributed by atoms with Gasteiger partial charge in [-0.15, -0.1) is 0 Å². The summed E-state index contributed by atoms with van der Waals surface area (Å²) in [7, 11) is 1.65. The van der Waals surface area contributed by atoms with E-state index in [0.29, 0.717) is 5.56 Å². The van der Waals surface area contributed by atoms with Crippen LogP contribution in [0.15, 0.2) is 42.5 Å². The third-order valence-corrected chi connectivity index (χ3v) is 3.98. The Morgan fingerprint density at radius 2 is 1.95 bits per heavy atom. The zero-order chi connectivity index (χ0) is 14.7. The highest BCUT2D eigenvalue weighted by Gasteiger charge is 2.19. The molecule has 0 aromatic heterocycles. The standard InChI is InChI=1S/C18H18N2O/c1-21-16-10-9-15(13-19)18(12-16)20-11-5-4-7-14-6-2-3-8-17(14)20/h2-3,6,8-10,12H,4-5,7,11H2,1H3. The molecule has 0 spiro atoms. The second kappa shape index (κ2) is 5.88. The average molecular weight is 278 g/mol. The molecule has 0 unspecified atom stereocenters. The second-order valence-corrected chi connectivity index (χ2v) is 5.23. The smallest absolute Gasteiger partial charge is 0.121 e. The highest BCUT2D eigenvalue weighted by molar-refractivity contribution is 5.73. The average Bonchev–Trinajstić information content (AvgIpc) is 2.76. The fourth-order valence-electron chi connectivity index (χ4n) is 2.90. The lowest BCUT2D eigenvalue weighted by Crippen LogP contribution is -2.19. The van der Waals surface area contributed by atoms with Crippen LogP contribution in [0.5, 0.6) is 5.75 Å². The van der Waals surface area contributed by atoms with Crippen LogP contribution in [0.2, 0.25) is 0 Å². The maximum Gasteiger partial charge on any atom is 0.121 e. The highest BCUT2D eigenvalue weighted by atomic mass is 16.5. The van der Waals surface area contributed by atoms with Gasteiger partial charge in [0.05, 0.1) is 18.4 Å². The van der Waals surface area contributed by atoms with Crippen molar-refractivity contribution in [1.82, 2.24) is 0 Å². The van der Waals surface area contributed by atoms with Crippen LogP contribution in [0.25, 0.3) is 0 Å². The van der Waals surface area contributed by atoms with Crippen LogP contribution >= 0.6 is 0 Å². The van der Waals surface area contributed by atoms with Crippen LogP contribution in [0.4, 0.5) is 11.4 Å². The van der Waals surface area contributed by atoms with Crippen molar-refractivity contribution in [1.29, 1.82) is 5.26 Å². The molecule has 1 aliphatic rings. The zero-order valence-corrected chi connectivity index (χ0v) is 12.2. The van der Waals surface area contributed by atoms with E-state index in [1.807, 2.05) is 18.2 Å². The second-order valence-electron chi connectivity index (χ2n) is 5.23. The summed E-state index contributed by atoms with van der Waals surface area (Å²) in [4.78, 5) is 2.25. The zero-order valence-electron chi connectivity index (χ0n) is 12.2. The summed E-state index contributed by atoms with van der Waals surface area (Å²) >= 11 is 0. The summed E-state index contributed by atoms with van der Waals surface area (Å²) < 4.78 is 5.33. The SMILES string of the molecule is COc1ccc(C#N)c(N2CCCCc3ccccc32)c1. The predicted molar refractivity (Wildman–Crippen MR) is 84.1 cm³/mol. The van der Waals surface area contributed by atoms with Crippen molar-refractivity contribution >= 4 is 11.4 Å². The molecular formula is C18H18N2O. The van der Waals surface area contributed by atoms with E-state index in [1.165, 1.54) is 17.7 Å². The summed E-state index contributed by atoms with van der Waals surface area (Å²) in [5.74, 6) is 0.783. The van der Waals surface area contributed by atoms with Crippen LogP contribution in [-0.4, -0.2) is 13.7 Å². The van der Waals surface area contributed by atoms with Crippen molar-refractivity contribution in [3.63, 3.8) is 0 Å².